The summed E-state index contributed by atoms with van der Waals surface area (Å²) < 4.78 is 0. The molecule has 0 heteroatoms. The Morgan fingerprint density at radius 2 is 1.35 bits per heavy atom. The zero-order valence-electron chi connectivity index (χ0n) is 11.4. The average molecular weight is 226 g/mol. The summed E-state index contributed by atoms with van der Waals surface area (Å²) in [5.74, 6) is 0.676. The van der Waals surface area contributed by atoms with E-state index in [4.69, 9.17) is 0 Å². The molecule has 0 saturated carbocycles. The molecule has 0 heterocycles. The molecule has 0 atom stereocenters. The summed E-state index contributed by atoms with van der Waals surface area (Å²) >= 11 is 0. The van der Waals surface area contributed by atoms with Gasteiger partial charge >= 0.3 is 0 Å². The predicted octanol–water partition coefficient (Wildman–Crippen LogP) is 4.92. The van der Waals surface area contributed by atoms with Gasteiger partial charge in [0.05, 0.1) is 0 Å². The second-order valence-corrected chi connectivity index (χ2v) is 5.19. The van der Waals surface area contributed by atoms with E-state index in [0.717, 1.165) is 0 Å². The number of hydrogen-bond acceptors (Lipinski definition) is 0. The van der Waals surface area contributed by atoms with Crippen LogP contribution in [-0.2, 0) is 6.42 Å². The SMILES string of the molecule is CC1=C(C)C(CCc2ccccc2)C(C)=C1C. The van der Waals surface area contributed by atoms with Crippen molar-refractivity contribution in [3.05, 3.63) is 58.2 Å². The lowest BCUT2D eigenvalue weighted by Crippen LogP contribution is -2.03. The van der Waals surface area contributed by atoms with E-state index in [1.807, 2.05) is 0 Å². The van der Waals surface area contributed by atoms with Gasteiger partial charge in [0.15, 0.2) is 0 Å². The summed E-state index contributed by atoms with van der Waals surface area (Å²) in [6, 6.07) is 10.8. The molecule has 90 valence electrons. The van der Waals surface area contributed by atoms with Crippen molar-refractivity contribution < 1.29 is 0 Å². The van der Waals surface area contributed by atoms with Crippen molar-refractivity contribution >= 4 is 0 Å². The highest BCUT2D eigenvalue weighted by Crippen LogP contribution is 2.38. The number of benzene rings is 1. The first-order valence-corrected chi connectivity index (χ1v) is 6.50. The average Bonchev–Trinajstić information content (AvgIpc) is 2.54. The van der Waals surface area contributed by atoms with Gasteiger partial charge in [-0.05, 0) is 57.2 Å². The second-order valence-electron chi connectivity index (χ2n) is 5.19. The van der Waals surface area contributed by atoms with E-state index in [1.54, 1.807) is 11.1 Å². The molecule has 0 nitrogen and oxygen atoms in total. The van der Waals surface area contributed by atoms with E-state index >= 15 is 0 Å². The fraction of sp³-hybridized carbons (Fsp3) is 0.412. The minimum absolute atomic E-state index is 0.676. The van der Waals surface area contributed by atoms with Crippen LogP contribution in [0.4, 0.5) is 0 Å². The minimum atomic E-state index is 0.676. The normalized spacial score (nSPS) is 17.2. The maximum atomic E-state index is 2.30. The van der Waals surface area contributed by atoms with E-state index in [2.05, 4.69) is 58.0 Å². The topological polar surface area (TPSA) is 0 Å². The Morgan fingerprint density at radius 3 is 1.88 bits per heavy atom. The summed E-state index contributed by atoms with van der Waals surface area (Å²) in [7, 11) is 0. The zero-order valence-corrected chi connectivity index (χ0v) is 11.4. The van der Waals surface area contributed by atoms with Gasteiger partial charge in [0.1, 0.15) is 0 Å². The third-order valence-corrected chi connectivity index (χ3v) is 4.36. The largest absolute Gasteiger partial charge is 0.0630 e. The lowest BCUT2D eigenvalue weighted by molar-refractivity contribution is 0.646. The first-order valence-electron chi connectivity index (χ1n) is 6.50. The van der Waals surface area contributed by atoms with E-state index in [1.165, 1.54) is 29.6 Å². The number of aryl methyl sites for hydroxylation is 1. The quantitative estimate of drug-likeness (QED) is 0.686. The molecule has 0 aliphatic heterocycles. The summed E-state index contributed by atoms with van der Waals surface area (Å²) in [6.07, 6.45) is 2.43. The standard InChI is InChI=1S/C17H22/c1-12-13(2)15(4)17(14(12)3)11-10-16-8-6-5-7-9-16/h5-9,17H,10-11H2,1-4H3. The molecular formula is C17H22. The van der Waals surface area contributed by atoms with Crippen molar-refractivity contribution in [2.45, 2.75) is 40.5 Å². The van der Waals surface area contributed by atoms with E-state index in [-0.39, 0.29) is 0 Å². The molecule has 2 rings (SSSR count). The summed E-state index contributed by atoms with van der Waals surface area (Å²) in [5.41, 5.74) is 7.64. The Kier molecular flexibility index (Phi) is 3.51. The minimum Gasteiger partial charge on any atom is -0.0630 e. The lowest BCUT2D eigenvalue weighted by Gasteiger charge is -2.14. The monoisotopic (exact) mass is 226 g/mol. The summed E-state index contributed by atoms with van der Waals surface area (Å²) in [4.78, 5) is 0. The molecule has 0 bridgehead atoms. The van der Waals surface area contributed by atoms with Crippen LogP contribution in [0.25, 0.3) is 0 Å². The van der Waals surface area contributed by atoms with Crippen LogP contribution in [0.5, 0.6) is 0 Å². The van der Waals surface area contributed by atoms with Crippen LogP contribution in [0.1, 0.15) is 39.7 Å². The van der Waals surface area contributed by atoms with Gasteiger partial charge in [-0.25, -0.2) is 0 Å². The van der Waals surface area contributed by atoms with Crippen molar-refractivity contribution in [2.75, 3.05) is 0 Å². The van der Waals surface area contributed by atoms with Crippen molar-refractivity contribution in [3.63, 3.8) is 0 Å². The Bertz CT molecular complexity index is 436. The van der Waals surface area contributed by atoms with Gasteiger partial charge in [-0.2, -0.15) is 0 Å². The molecule has 0 amide bonds. The first kappa shape index (κ1) is 12.2. The third-order valence-electron chi connectivity index (χ3n) is 4.36. The number of allylic oxidation sites excluding steroid dienone is 4. The van der Waals surface area contributed by atoms with E-state index in [9.17, 15) is 0 Å². The fourth-order valence-electron chi connectivity index (χ4n) is 2.83. The fourth-order valence-corrected chi connectivity index (χ4v) is 2.83. The molecule has 0 aromatic heterocycles. The molecule has 17 heavy (non-hydrogen) atoms. The molecule has 1 aliphatic carbocycles. The lowest BCUT2D eigenvalue weighted by atomic mass is 9.90. The van der Waals surface area contributed by atoms with Crippen LogP contribution < -0.4 is 0 Å². The summed E-state index contributed by atoms with van der Waals surface area (Å²) in [6.45, 7) is 9.11. The highest BCUT2D eigenvalue weighted by molar-refractivity contribution is 5.46. The van der Waals surface area contributed by atoms with Crippen LogP contribution in [0.2, 0.25) is 0 Å². The molecule has 0 spiro atoms. The Hall–Kier alpha value is -1.30. The van der Waals surface area contributed by atoms with Gasteiger partial charge in [-0.15, -0.1) is 0 Å². The van der Waals surface area contributed by atoms with Crippen LogP contribution in [0.3, 0.4) is 0 Å². The van der Waals surface area contributed by atoms with Crippen molar-refractivity contribution in [1.82, 2.24) is 0 Å². The molecule has 0 unspecified atom stereocenters. The van der Waals surface area contributed by atoms with Gasteiger partial charge in [0.2, 0.25) is 0 Å². The highest BCUT2D eigenvalue weighted by atomic mass is 14.3. The maximum Gasteiger partial charge on any atom is 0.00162 e. The molecule has 0 radical (unpaired) electrons. The van der Waals surface area contributed by atoms with Crippen molar-refractivity contribution in [3.8, 4) is 0 Å². The van der Waals surface area contributed by atoms with Crippen LogP contribution in [0, 0.1) is 5.92 Å². The molecule has 0 fully saturated rings. The van der Waals surface area contributed by atoms with Gasteiger partial charge in [0.25, 0.3) is 0 Å². The van der Waals surface area contributed by atoms with Gasteiger partial charge in [0, 0.05) is 5.92 Å². The smallest absolute Gasteiger partial charge is 0.00162 e. The Balaban J connectivity index is 2.07. The van der Waals surface area contributed by atoms with Gasteiger partial charge in [-0.1, -0.05) is 41.5 Å². The van der Waals surface area contributed by atoms with Crippen molar-refractivity contribution in [1.29, 1.82) is 0 Å². The van der Waals surface area contributed by atoms with E-state index in [0.29, 0.717) is 5.92 Å². The molecule has 1 aromatic rings. The molecule has 1 aliphatic rings. The first-order chi connectivity index (χ1) is 8.11. The summed E-state index contributed by atoms with van der Waals surface area (Å²) in [5, 5.41) is 0. The second kappa shape index (κ2) is 4.91. The van der Waals surface area contributed by atoms with Crippen LogP contribution >= 0.6 is 0 Å². The highest BCUT2D eigenvalue weighted by Gasteiger charge is 2.23. The van der Waals surface area contributed by atoms with Gasteiger partial charge in [-0.3, -0.25) is 0 Å². The predicted molar refractivity (Wildman–Crippen MR) is 75.0 cm³/mol. The molecule has 0 N–H and O–H groups in total. The molecular weight excluding hydrogens is 204 g/mol. The number of rotatable bonds is 3. The molecule has 0 saturated heterocycles. The Labute approximate surface area is 105 Å². The van der Waals surface area contributed by atoms with Gasteiger partial charge < -0.3 is 0 Å². The maximum absolute atomic E-state index is 2.30. The molecule has 1 aromatic carbocycles. The third kappa shape index (κ3) is 2.36. The zero-order chi connectivity index (χ0) is 12.4. The van der Waals surface area contributed by atoms with Crippen LogP contribution in [-0.4, -0.2) is 0 Å². The van der Waals surface area contributed by atoms with Crippen LogP contribution in [0.15, 0.2) is 52.6 Å². The number of hydrogen-bond donors (Lipinski definition) is 0. The Morgan fingerprint density at radius 1 is 0.824 bits per heavy atom. The van der Waals surface area contributed by atoms with E-state index < -0.39 is 0 Å². The van der Waals surface area contributed by atoms with Crippen molar-refractivity contribution in [2.24, 2.45) is 5.92 Å².